The first-order valence-electron chi connectivity index (χ1n) is 6.03. The van der Waals surface area contributed by atoms with E-state index in [-0.39, 0.29) is 5.91 Å². The largest absolute Gasteiger partial charge is 0.490 e. The zero-order valence-corrected chi connectivity index (χ0v) is 9.82. The molecule has 1 aromatic rings. The summed E-state index contributed by atoms with van der Waals surface area (Å²) in [7, 11) is 0. The van der Waals surface area contributed by atoms with Gasteiger partial charge in [-0.1, -0.05) is 12.1 Å². The Labute approximate surface area is 101 Å². The number of carbonyl (C=O) groups excluding carboxylic acids is 1. The highest BCUT2D eigenvalue weighted by Crippen LogP contribution is 2.24. The summed E-state index contributed by atoms with van der Waals surface area (Å²) in [5.74, 6) is 5.73. The van der Waals surface area contributed by atoms with Crippen LogP contribution in [0.1, 0.15) is 31.2 Å². The zero-order chi connectivity index (χ0) is 12.1. The van der Waals surface area contributed by atoms with E-state index in [1.54, 1.807) is 0 Å². The lowest BCUT2D eigenvalue weighted by molar-refractivity contribution is -0.120. The molecule has 0 atom stereocenters. The molecule has 4 nitrogen and oxygen atoms in total. The standard InChI is InChI=1S/C13H18N2O2/c14-15-13(16)9-10-5-7-12(8-6-10)17-11-3-1-2-4-11/h5-8,11H,1-4,9,14H2,(H,15,16). The first-order valence-corrected chi connectivity index (χ1v) is 6.03. The molecule has 0 bridgehead atoms. The second-order valence-corrected chi connectivity index (χ2v) is 4.41. The van der Waals surface area contributed by atoms with Crippen molar-refractivity contribution in [1.82, 2.24) is 5.43 Å². The van der Waals surface area contributed by atoms with Crippen molar-refractivity contribution < 1.29 is 9.53 Å². The molecule has 0 aromatic heterocycles. The van der Waals surface area contributed by atoms with Gasteiger partial charge in [-0.2, -0.15) is 0 Å². The zero-order valence-electron chi connectivity index (χ0n) is 9.82. The van der Waals surface area contributed by atoms with Crippen molar-refractivity contribution in [3.63, 3.8) is 0 Å². The Kier molecular flexibility index (Phi) is 3.98. The lowest BCUT2D eigenvalue weighted by Gasteiger charge is -2.13. The van der Waals surface area contributed by atoms with Crippen LogP contribution in [0.15, 0.2) is 24.3 Å². The minimum absolute atomic E-state index is 0.186. The fraction of sp³-hybridized carbons (Fsp3) is 0.462. The summed E-state index contributed by atoms with van der Waals surface area (Å²) in [6.45, 7) is 0. The topological polar surface area (TPSA) is 64.3 Å². The van der Waals surface area contributed by atoms with Crippen LogP contribution in [0.2, 0.25) is 0 Å². The number of hydrogen-bond donors (Lipinski definition) is 2. The minimum atomic E-state index is -0.186. The molecule has 0 aliphatic heterocycles. The van der Waals surface area contributed by atoms with Crippen LogP contribution < -0.4 is 16.0 Å². The van der Waals surface area contributed by atoms with Crippen molar-refractivity contribution in [2.24, 2.45) is 5.84 Å². The number of nitrogens with one attached hydrogen (secondary N) is 1. The molecule has 0 heterocycles. The Morgan fingerprint density at radius 2 is 1.94 bits per heavy atom. The van der Waals surface area contributed by atoms with Gasteiger partial charge in [0.2, 0.25) is 5.91 Å². The van der Waals surface area contributed by atoms with Gasteiger partial charge in [0.05, 0.1) is 12.5 Å². The van der Waals surface area contributed by atoms with Crippen LogP contribution in [-0.2, 0) is 11.2 Å². The summed E-state index contributed by atoms with van der Waals surface area (Å²) in [4.78, 5) is 11.1. The highest BCUT2D eigenvalue weighted by molar-refractivity contribution is 5.77. The predicted molar refractivity (Wildman–Crippen MR) is 65.4 cm³/mol. The maximum atomic E-state index is 11.1. The lowest BCUT2D eigenvalue weighted by Crippen LogP contribution is -2.31. The Bertz CT molecular complexity index is 370. The van der Waals surface area contributed by atoms with Gasteiger partial charge in [-0.25, -0.2) is 5.84 Å². The van der Waals surface area contributed by atoms with E-state index in [1.165, 1.54) is 12.8 Å². The maximum absolute atomic E-state index is 11.1. The van der Waals surface area contributed by atoms with Crippen LogP contribution in [-0.4, -0.2) is 12.0 Å². The fourth-order valence-electron chi connectivity index (χ4n) is 2.12. The van der Waals surface area contributed by atoms with Gasteiger partial charge >= 0.3 is 0 Å². The molecule has 0 spiro atoms. The van der Waals surface area contributed by atoms with Gasteiger partial charge in [0, 0.05) is 0 Å². The highest BCUT2D eigenvalue weighted by atomic mass is 16.5. The van der Waals surface area contributed by atoms with Gasteiger partial charge in [0.25, 0.3) is 0 Å². The number of amides is 1. The Balaban J connectivity index is 1.90. The van der Waals surface area contributed by atoms with Gasteiger partial charge in [-0.05, 0) is 43.4 Å². The molecule has 92 valence electrons. The van der Waals surface area contributed by atoms with Gasteiger partial charge < -0.3 is 4.74 Å². The molecular weight excluding hydrogens is 216 g/mol. The second-order valence-electron chi connectivity index (χ2n) is 4.41. The van der Waals surface area contributed by atoms with Crippen LogP contribution in [0.3, 0.4) is 0 Å². The van der Waals surface area contributed by atoms with Gasteiger partial charge in [0.15, 0.2) is 0 Å². The number of ether oxygens (including phenoxy) is 1. The summed E-state index contributed by atoms with van der Waals surface area (Å²) in [5.41, 5.74) is 3.05. The van der Waals surface area contributed by atoms with Crippen molar-refractivity contribution in [3.8, 4) is 5.75 Å². The van der Waals surface area contributed by atoms with Gasteiger partial charge in [-0.3, -0.25) is 10.2 Å². The van der Waals surface area contributed by atoms with Crippen LogP contribution >= 0.6 is 0 Å². The number of carbonyl (C=O) groups is 1. The molecule has 1 aliphatic carbocycles. The van der Waals surface area contributed by atoms with Crippen molar-refractivity contribution in [1.29, 1.82) is 0 Å². The molecular formula is C13H18N2O2. The van der Waals surface area contributed by atoms with E-state index in [1.807, 2.05) is 24.3 Å². The molecule has 0 saturated heterocycles. The third kappa shape index (κ3) is 3.46. The number of hydrazine groups is 1. The van der Waals surface area contributed by atoms with E-state index in [0.29, 0.717) is 12.5 Å². The van der Waals surface area contributed by atoms with Crippen LogP contribution in [0.5, 0.6) is 5.75 Å². The molecule has 0 radical (unpaired) electrons. The van der Waals surface area contributed by atoms with E-state index >= 15 is 0 Å². The van der Waals surface area contributed by atoms with Crippen molar-refractivity contribution in [2.45, 2.75) is 38.2 Å². The molecule has 17 heavy (non-hydrogen) atoms. The van der Waals surface area contributed by atoms with Gasteiger partial charge in [-0.15, -0.1) is 0 Å². The number of benzene rings is 1. The van der Waals surface area contributed by atoms with Gasteiger partial charge in [0.1, 0.15) is 5.75 Å². The highest BCUT2D eigenvalue weighted by Gasteiger charge is 2.16. The molecule has 4 heteroatoms. The summed E-state index contributed by atoms with van der Waals surface area (Å²) in [6.07, 6.45) is 5.50. The average Bonchev–Trinajstić information content (AvgIpc) is 2.84. The monoisotopic (exact) mass is 234 g/mol. The third-order valence-electron chi connectivity index (χ3n) is 3.05. The SMILES string of the molecule is NNC(=O)Cc1ccc(OC2CCCC2)cc1. The number of hydrogen-bond acceptors (Lipinski definition) is 3. The maximum Gasteiger partial charge on any atom is 0.238 e. The molecule has 1 aliphatic rings. The quantitative estimate of drug-likeness (QED) is 0.472. The van der Waals surface area contributed by atoms with E-state index in [0.717, 1.165) is 24.2 Å². The van der Waals surface area contributed by atoms with Crippen LogP contribution in [0.25, 0.3) is 0 Å². The Morgan fingerprint density at radius 3 is 2.53 bits per heavy atom. The van der Waals surface area contributed by atoms with E-state index in [2.05, 4.69) is 5.43 Å². The van der Waals surface area contributed by atoms with E-state index in [9.17, 15) is 4.79 Å². The average molecular weight is 234 g/mol. The molecule has 1 aromatic carbocycles. The normalized spacial score (nSPS) is 15.8. The fourth-order valence-corrected chi connectivity index (χ4v) is 2.12. The first kappa shape index (κ1) is 11.9. The molecule has 2 rings (SSSR count). The number of nitrogens with two attached hydrogens (primary N) is 1. The van der Waals surface area contributed by atoms with Crippen molar-refractivity contribution >= 4 is 5.91 Å². The smallest absolute Gasteiger partial charge is 0.238 e. The van der Waals surface area contributed by atoms with Crippen molar-refractivity contribution in [2.75, 3.05) is 0 Å². The molecule has 1 amide bonds. The van der Waals surface area contributed by atoms with Crippen molar-refractivity contribution in [3.05, 3.63) is 29.8 Å². The molecule has 3 N–H and O–H groups in total. The molecule has 0 unspecified atom stereocenters. The molecule has 1 saturated carbocycles. The first-order chi connectivity index (χ1) is 8.28. The Hall–Kier alpha value is -1.55. The summed E-state index contributed by atoms with van der Waals surface area (Å²) >= 11 is 0. The van der Waals surface area contributed by atoms with Crippen LogP contribution in [0.4, 0.5) is 0 Å². The third-order valence-corrected chi connectivity index (χ3v) is 3.05. The van der Waals surface area contributed by atoms with E-state index < -0.39 is 0 Å². The Morgan fingerprint density at radius 1 is 1.29 bits per heavy atom. The van der Waals surface area contributed by atoms with E-state index in [4.69, 9.17) is 10.6 Å². The minimum Gasteiger partial charge on any atom is -0.490 e. The second kappa shape index (κ2) is 5.68. The van der Waals surface area contributed by atoms with Crippen LogP contribution in [0, 0.1) is 0 Å². The summed E-state index contributed by atoms with van der Waals surface area (Å²) in [5, 5.41) is 0. The summed E-state index contributed by atoms with van der Waals surface area (Å²) < 4.78 is 5.84. The number of rotatable bonds is 4. The lowest BCUT2D eigenvalue weighted by atomic mass is 10.1. The molecule has 1 fully saturated rings. The summed E-state index contributed by atoms with van der Waals surface area (Å²) in [6, 6.07) is 7.63. The predicted octanol–water partition coefficient (Wildman–Crippen LogP) is 1.54.